The van der Waals surface area contributed by atoms with E-state index >= 15 is 0 Å². The molecule has 124 valence electrons. The summed E-state index contributed by atoms with van der Waals surface area (Å²) in [5.74, 6) is -0.467. The smallest absolute Gasteiger partial charge is 0.414 e. The van der Waals surface area contributed by atoms with Gasteiger partial charge in [0.1, 0.15) is 5.78 Å². The van der Waals surface area contributed by atoms with Gasteiger partial charge in [0.05, 0.1) is 28.8 Å². The second-order valence-corrected chi connectivity index (χ2v) is 6.14. The van der Waals surface area contributed by atoms with E-state index in [2.05, 4.69) is 0 Å². The van der Waals surface area contributed by atoms with Crippen LogP contribution in [-0.2, 0) is 9.53 Å². The fourth-order valence-electron chi connectivity index (χ4n) is 2.21. The van der Waals surface area contributed by atoms with Gasteiger partial charge in [0.15, 0.2) is 5.78 Å². The third kappa shape index (κ3) is 4.03. The van der Waals surface area contributed by atoms with Crippen LogP contribution in [0.2, 0.25) is 10.0 Å². The number of carbonyl (C=O) groups excluding carboxylic acids is 3. The Hall–Kier alpha value is -1.59. The summed E-state index contributed by atoms with van der Waals surface area (Å²) in [4.78, 5) is 37.4. The van der Waals surface area contributed by atoms with Gasteiger partial charge in [-0.15, -0.1) is 0 Å². The Bertz CT molecular complexity index is 656. The minimum atomic E-state index is -0.653. The summed E-state index contributed by atoms with van der Waals surface area (Å²) in [5.41, 5.74) is 0.343. The van der Waals surface area contributed by atoms with Gasteiger partial charge < -0.3 is 4.74 Å². The second-order valence-electron chi connectivity index (χ2n) is 5.36. The summed E-state index contributed by atoms with van der Waals surface area (Å²) >= 11 is 12.2. The highest BCUT2D eigenvalue weighted by molar-refractivity contribution is 6.44. The van der Waals surface area contributed by atoms with Crippen molar-refractivity contribution in [3.8, 4) is 0 Å². The largest absolute Gasteiger partial charge is 0.449 e. The number of anilines is 1. The molecule has 1 aliphatic carbocycles. The van der Waals surface area contributed by atoms with Crippen molar-refractivity contribution in [2.24, 2.45) is 5.92 Å². The number of amides is 1. The standard InChI is InChI=1S/C16H17Cl2NO4/c1-3-23-16(22)19(2)15-10(6-7-11(17)14(15)18)13(21)8-12(20)9-4-5-9/h6-7,9H,3-5,8H2,1-2H3. The molecule has 0 spiro atoms. The number of hydrogen-bond donors (Lipinski definition) is 0. The molecule has 5 nitrogen and oxygen atoms in total. The van der Waals surface area contributed by atoms with E-state index in [1.807, 2.05) is 0 Å². The van der Waals surface area contributed by atoms with Crippen LogP contribution in [0.15, 0.2) is 12.1 Å². The lowest BCUT2D eigenvalue weighted by atomic mass is 10.0. The molecule has 0 bridgehead atoms. The first-order valence-corrected chi connectivity index (χ1v) is 8.06. The minimum absolute atomic E-state index is 0.00652. The molecule has 0 heterocycles. The Morgan fingerprint density at radius 3 is 2.48 bits per heavy atom. The van der Waals surface area contributed by atoms with Crippen LogP contribution in [0.5, 0.6) is 0 Å². The first kappa shape index (κ1) is 17.8. The van der Waals surface area contributed by atoms with Crippen molar-refractivity contribution >= 4 is 46.5 Å². The van der Waals surface area contributed by atoms with Crippen LogP contribution in [0.25, 0.3) is 0 Å². The van der Waals surface area contributed by atoms with Crippen molar-refractivity contribution in [1.82, 2.24) is 0 Å². The van der Waals surface area contributed by atoms with Crippen molar-refractivity contribution in [2.45, 2.75) is 26.2 Å². The number of carbonyl (C=O) groups is 3. The molecule has 0 atom stereocenters. The Kier molecular flexibility index (Phi) is 5.65. The van der Waals surface area contributed by atoms with Gasteiger partial charge in [-0.1, -0.05) is 23.2 Å². The van der Waals surface area contributed by atoms with E-state index < -0.39 is 6.09 Å². The lowest BCUT2D eigenvalue weighted by Crippen LogP contribution is -2.29. The van der Waals surface area contributed by atoms with E-state index in [1.165, 1.54) is 19.2 Å². The van der Waals surface area contributed by atoms with Gasteiger partial charge in [-0.2, -0.15) is 0 Å². The molecular formula is C16H17Cl2NO4. The van der Waals surface area contributed by atoms with E-state index in [1.54, 1.807) is 6.92 Å². The maximum absolute atomic E-state index is 12.5. The van der Waals surface area contributed by atoms with Crippen molar-refractivity contribution in [1.29, 1.82) is 0 Å². The average molecular weight is 358 g/mol. The van der Waals surface area contributed by atoms with Crippen molar-refractivity contribution < 1.29 is 19.1 Å². The Morgan fingerprint density at radius 1 is 1.26 bits per heavy atom. The number of Topliss-reactive ketones (excluding diaryl/α,β-unsaturated/α-hetero) is 2. The van der Waals surface area contributed by atoms with Crippen LogP contribution >= 0.6 is 23.2 Å². The fraction of sp³-hybridized carbons (Fsp3) is 0.438. The molecule has 1 aliphatic rings. The van der Waals surface area contributed by atoms with Gasteiger partial charge in [0.25, 0.3) is 0 Å². The lowest BCUT2D eigenvalue weighted by Gasteiger charge is -2.21. The maximum atomic E-state index is 12.5. The molecule has 0 aromatic heterocycles. The molecule has 1 aromatic rings. The number of rotatable bonds is 6. The number of halogens is 2. The van der Waals surface area contributed by atoms with E-state index in [9.17, 15) is 14.4 Å². The van der Waals surface area contributed by atoms with Crippen LogP contribution in [0.4, 0.5) is 10.5 Å². The van der Waals surface area contributed by atoms with Gasteiger partial charge >= 0.3 is 6.09 Å². The molecule has 0 aliphatic heterocycles. The minimum Gasteiger partial charge on any atom is -0.449 e. The summed E-state index contributed by atoms with van der Waals surface area (Å²) in [6.45, 7) is 1.86. The zero-order valence-corrected chi connectivity index (χ0v) is 14.4. The van der Waals surface area contributed by atoms with Gasteiger partial charge in [-0.05, 0) is 31.9 Å². The molecule has 0 radical (unpaired) electrons. The molecule has 0 N–H and O–H groups in total. The molecule has 23 heavy (non-hydrogen) atoms. The van der Waals surface area contributed by atoms with Crippen LogP contribution in [-0.4, -0.2) is 31.3 Å². The number of ether oxygens (including phenoxy) is 1. The zero-order valence-electron chi connectivity index (χ0n) is 12.9. The molecule has 2 rings (SSSR count). The number of hydrogen-bond acceptors (Lipinski definition) is 4. The Labute approximate surface area is 144 Å². The van der Waals surface area contributed by atoms with Gasteiger partial charge in [-0.3, -0.25) is 14.5 Å². The molecule has 0 saturated heterocycles. The van der Waals surface area contributed by atoms with Crippen LogP contribution in [0, 0.1) is 5.92 Å². The van der Waals surface area contributed by atoms with Crippen LogP contribution in [0.1, 0.15) is 36.5 Å². The maximum Gasteiger partial charge on any atom is 0.414 e. The molecule has 1 aromatic carbocycles. The first-order chi connectivity index (χ1) is 10.9. The van der Waals surface area contributed by atoms with Gasteiger partial charge in [0, 0.05) is 18.5 Å². The Morgan fingerprint density at radius 2 is 1.91 bits per heavy atom. The van der Waals surface area contributed by atoms with Crippen molar-refractivity contribution in [2.75, 3.05) is 18.6 Å². The quantitative estimate of drug-likeness (QED) is 0.566. The third-order valence-electron chi connectivity index (χ3n) is 3.61. The topological polar surface area (TPSA) is 63.7 Å². The summed E-state index contributed by atoms with van der Waals surface area (Å²) < 4.78 is 4.92. The normalized spacial score (nSPS) is 13.6. The SMILES string of the molecule is CCOC(=O)N(C)c1c(C(=O)CC(=O)C2CC2)ccc(Cl)c1Cl. The van der Waals surface area contributed by atoms with Gasteiger partial charge in [0.2, 0.25) is 0 Å². The zero-order chi connectivity index (χ0) is 17.1. The van der Waals surface area contributed by atoms with Crippen molar-refractivity contribution in [3.05, 3.63) is 27.7 Å². The predicted octanol–water partition coefficient (Wildman–Crippen LogP) is 4.14. The molecule has 1 fully saturated rings. The molecule has 1 amide bonds. The number of ketones is 2. The Balaban J connectivity index is 2.34. The number of nitrogens with zero attached hydrogens (tertiary/aromatic N) is 1. The number of benzene rings is 1. The van der Waals surface area contributed by atoms with E-state index in [0.717, 1.165) is 17.7 Å². The monoisotopic (exact) mass is 357 g/mol. The predicted molar refractivity (Wildman–Crippen MR) is 88.6 cm³/mol. The molecular weight excluding hydrogens is 341 g/mol. The average Bonchev–Trinajstić information content (AvgIpc) is 3.34. The summed E-state index contributed by atoms with van der Waals surface area (Å²) in [6.07, 6.45) is 0.817. The summed E-state index contributed by atoms with van der Waals surface area (Å²) in [5, 5.41) is 0.287. The second kappa shape index (κ2) is 7.32. The van der Waals surface area contributed by atoms with E-state index in [4.69, 9.17) is 27.9 Å². The fourth-order valence-corrected chi connectivity index (χ4v) is 2.65. The lowest BCUT2D eigenvalue weighted by molar-refractivity contribution is -0.119. The first-order valence-electron chi connectivity index (χ1n) is 7.31. The molecule has 7 heteroatoms. The highest BCUT2D eigenvalue weighted by Gasteiger charge is 2.32. The van der Waals surface area contributed by atoms with Gasteiger partial charge in [-0.25, -0.2) is 4.79 Å². The highest BCUT2D eigenvalue weighted by atomic mass is 35.5. The van der Waals surface area contributed by atoms with Crippen LogP contribution in [0.3, 0.4) is 0 Å². The summed E-state index contributed by atoms with van der Waals surface area (Å²) in [7, 11) is 1.44. The molecule has 1 saturated carbocycles. The van der Waals surface area contributed by atoms with E-state index in [0.29, 0.717) is 0 Å². The van der Waals surface area contributed by atoms with Crippen molar-refractivity contribution in [3.63, 3.8) is 0 Å². The van der Waals surface area contributed by atoms with E-state index in [-0.39, 0.29) is 51.8 Å². The highest BCUT2D eigenvalue weighted by Crippen LogP contribution is 2.37. The molecule has 0 unspecified atom stereocenters. The van der Waals surface area contributed by atoms with Crippen LogP contribution < -0.4 is 4.90 Å². The summed E-state index contributed by atoms with van der Waals surface area (Å²) in [6, 6.07) is 2.95. The third-order valence-corrected chi connectivity index (χ3v) is 4.41.